The van der Waals surface area contributed by atoms with E-state index in [-0.39, 0.29) is 12.2 Å². The minimum absolute atomic E-state index is 0.0666. The lowest BCUT2D eigenvalue weighted by Crippen LogP contribution is -2.32. The summed E-state index contributed by atoms with van der Waals surface area (Å²) < 4.78 is 0. The van der Waals surface area contributed by atoms with Crippen LogP contribution in [0.2, 0.25) is 0 Å². The first-order valence-electron chi connectivity index (χ1n) is 6.32. The van der Waals surface area contributed by atoms with Gasteiger partial charge in [-0.3, -0.25) is 14.9 Å². The maximum absolute atomic E-state index is 11.1. The number of pyridine rings is 1. The molecule has 0 atom stereocenters. The summed E-state index contributed by atoms with van der Waals surface area (Å²) in [5.74, 6) is -0.976. The third-order valence-corrected chi connectivity index (χ3v) is 3.24. The number of rotatable bonds is 5. The van der Waals surface area contributed by atoms with Gasteiger partial charge in [-0.2, -0.15) is 0 Å². The Morgan fingerprint density at radius 2 is 2.10 bits per heavy atom. The summed E-state index contributed by atoms with van der Waals surface area (Å²) in [6.45, 7) is 3.17. The first kappa shape index (κ1) is 14.7. The number of carboxylic acid groups (broad SMARTS) is 1. The number of benzene rings is 1. The lowest BCUT2D eigenvalue weighted by atomic mass is 9.93. The average Bonchev–Trinajstić information content (AvgIpc) is 2.44. The van der Waals surface area contributed by atoms with Gasteiger partial charge in [0.25, 0.3) is 0 Å². The van der Waals surface area contributed by atoms with Crippen LogP contribution in [0, 0.1) is 15.5 Å². The van der Waals surface area contributed by atoms with Gasteiger partial charge in [0, 0.05) is 11.9 Å². The fourth-order valence-electron chi connectivity index (χ4n) is 1.84. The molecule has 110 valence electrons. The first-order chi connectivity index (χ1) is 9.83. The number of hydrogen-bond donors (Lipinski definition) is 2. The van der Waals surface area contributed by atoms with E-state index < -0.39 is 16.3 Å². The predicted octanol–water partition coefficient (Wildman–Crippen LogP) is 2.67. The highest BCUT2D eigenvalue weighted by Crippen LogP contribution is 2.32. The molecule has 2 rings (SSSR count). The Bertz CT molecular complexity index is 712. The van der Waals surface area contributed by atoms with Gasteiger partial charge < -0.3 is 10.4 Å². The summed E-state index contributed by atoms with van der Waals surface area (Å²) in [5, 5.41) is 23.7. The van der Waals surface area contributed by atoms with Crippen LogP contribution in [0.4, 0.5) is 11.4 Å². The Labute approximate surface area is 120 Å². The van der Waals surface area contributed by atoms with Gasteiger partial charge >= 0.3 is 11.7 Å². The number of para-hydroxylation sites is 1. The van der Waals surface area contributed by atoms with Gasteiger partial charge in [-0.25, -0.2) is 4.98 Å². The summed E-state index contributed by atoms with van der Waals surface area (Å²) >= 11 is 0. The summed E-state index contributed by atoms with van der Waals surface area (Å²) in [6.07, 6.45) is 1.18. The van der Waals surface area contributed by atoms with Crippen molar-refractivity contribution >= 4 is 28.2 Å². The molecule has 0 aliphatic rings. The number of carbonyl (C=O) groups is 1. The van der Waals surface area contributed by atoms with E-state index in [2.05, 4.69) is 10.3 Å². The Balaban J connectivity index is 2.47. The van der Waals surface area contributed by atoms with Crippen LogP contribution in [0.1, 0.15) is 13.8 Å². The van der Waals surface area contributed by atoms with Crippen LogP contribution in [-0.2, 0) is 4.79 Å². The number of aromatic nitrogens is 1. The van der Waals surface area contributed by atoms with Crippen LogP contribution in [0.25, 0.3) is 10.9 Å². The van der Waals surface area contributed by atoms with Gasteiger partial charge in [-0.05, 0) is 19.9 Å². The van der Waals surface area contributed by atoms with Crippen molar-refractivity contribution < 1.29 is 14.8 Å². The van der Waals surface area contributed by atoms with Crippen LogP contribution in [0.15, 0.2) is 30.5 Å². The second kappa shape index (κ2) is 5.35. The highest BCUT2D eigenvalue weighted by Gasteiger charge is 2.28. The van der Waals surface area contributed by atoms with Gasteiger partial charge in [0.1, 0.15) is 11.9 Å². The molecule has 0 aliphatic carbocycles. The third-order valence-electron chi connectivity index (χ3n) is 3.24. The molecule has 0 saturated heterocycles. The standard InChI is InChI=1S/C14H15N3O4/c1-14(2,13(18)19)8-16-12-9-5-3-4-6-10(9)15-7-11(12)17(20)21/h3-7H,8H2,1-2H3,(H,15,16)(H,18,19). The van der Waals surface area contributed by atoms with Gasteiger partial charge in [0.05, 0.1) is 15.9 Å². The maximum Gasteiger partial charge on any atom is 0.311 e. The number of fused-ring (bicyclic) bond motifs is 1. The molecule has 0 aliphatic heterocycles. The van der Waals surface area contributed by atoms with E-state index >= 15 is 0 Å². The van der Waals surface area contributed by atoms with Crippen molar-refractivity contribution in [2.75, 3.05) is 11.9 Å². The molecule has 1 heterocycles. The lowest BCUT2D eigenvalue weighted by Gasteiger charge is -2.20. The molecule has 0 spiro atoms. The molecule has 0 amide bonds. The van der Waals surface area contributed by atoms with Crippen LogP contribution in [0.5, 0.6) is 0 Å². The summed E-state index contributed by atoms with van der Waals surface area (Å²) in [4.78, 5) is 25.8. The van der Waals surface area contributed by atoms with Crippen molar-refractivity contribution in [1.29, 1.82) is 0 Å². The molecule has 0 saturated carbocycles. The summed E-state index contributed by atoms with van der Waals surface area (Å²) in [6, 6.07) is 6.99. The number of nitrogens with zero attached hydrogens (tertiary/aromatic N) is 2. The zero-order chi connectivity index (χ0) is 15.6. The predicted molar refractivity (Wildman–Crippen MR) is 78.3 cm³/mol. The van der Waals surface area contributed by atoms with E-state index in [0.29, 0.717) is 16.6 Å². The lowest BCUT2D eigenvalue weighted by molar-refractivity contribution is -0.384. The Morgan fingerprint density at radius 1 is 1.43 bits per heavy atom. The molecule has 1 aromatic carbocycles. The smallest absolute Gasteiger partial charge is 0.311 e. The van der Waals surface area contributed by atoms with Crippen molar-refractivity contribution in [2.45, 2.75) is 13.8 Å². The zero-order valence-corrected chi connectivity index (χ0v) is 11.7. The SMILES string of the molecule is CC(C)(CNc1c([N+](=O)[O-])cnc2ccccc12)C(=O)O. The highest BCUT2D eigenvalue weighted by molar-refractivity contribution is 5.95. The number of hydrogen-bond acceptors (Lipinski definition) is 5. The Kier molecular flexibility index (Phi) is 3.75. The maximum atomic E-state index is 11.1. The van der Waals surface area contributed by atoms with Gasteiger partial charge in [0.2, 0.25) is 0 Å². The molecule has 2 aromatic rings. The zero-order valence-electron chi connectivity index (χ0n) is 11.7. The molecule has 7 nitrogen and oxygen atoms in total. The second-order valence-electron chi connectivity index (χ2n) is 5.34. The highest BCUT2D eigenvalue weighted by atomic mass is 16.6. The van der Waals surface area contributed by atoms with Crippen LogP contribution < -0.4 is 5.32 Å². The van der Waals surface area contributed by atoms with Crippen molar-refractivity contribution in [3.63, 3.8) is 0 Å². The minimum atomic E-state index is -1.04. The molecule has 0 fully saturated rings. The molecule has 0 bridgehead atoms. The Morgan fingerprint density at radius 3 is 2.71 bits per heavy atom. The van der Waals surface area contributed by atoms with Crippen LogP contribution >= 0.6 is 0 Å². The average molecular weight is 289 g/mol. The number of carboxylic acids is 1. The molecular weight excluding hydrogens is 274 g/mol. The molecular formula is C14H15N3O4. The number of aliphatic carboxylic acids is 1. The first-order valence-corrected chi connectivity index (χ1v) is 6.32. The normalized spacial score (nSPS) is 11.3. The van der Waals surface area contributed by atoms with E-state index in [1.54, 1.807) is 38.1 Å². The van der Waals surface area contributed by atoms with E-state index in [0.717, 1.165) is 0 Å². The fourth-order valence-corrected chi connectivity index (χ4v) is 1.84. The largest absolute Gasteiger partial charge is 0.481 e. The fraction of sp³-hybridized carbons (Fsp3) is 0.286. The summed E-state index contributed by atoms with van der Waals surface area (Å²) in [5.41, 5.74) is -0.313. The molecule has 2 N–H and O–H groups in total. The van der Waals surface area contributed by atoms with Crippen molar-refractivity contribution in [2.24, 2.45) is 5.41 Å². The molecule has 1 aromatic heterocycles. The van der Waals surface area contributed by atoms with Gasteiger partial charge in [-0.1, -0.05) is 18.2 Å². The molecule has 7 heteroatoms. The van der Waals surface area contributed by atoms with Crippen LogP contribution in [-0.4, -0.2) is 27.5 Å². The molecule has 0 radical (unpaired) electrons. The molecule has 0 unspecified atom stereocenters. The van der Waals surface area contributed by atoms with Gasteiger partial charge in [-0.15, -0.1) is 0 Å². The third kappa shape index (κ3) is 2.91. The number of nitro groups is 1. The quantitative estimate of drug-likeness (QED) is 0.647. The number of nitrogens with one attached hydrogen (secondary N) is 1. The van der Waals surface area contributed by atoms with E-state index in [4.69, 9.17) is 5.11 Å². The topological polar surface area (TPSA) is 105 Å². The number of anilines is 1. The second-order valence-corrected chi connectivity index (χ2v) is 5.34. The molecule has 21 heavy (non-hydrogen) atoms. The van der Waals surface area contributed by atoms with Crippen molar-refractivity contribution in [3.8, 4) is 0 Å². The summed E-state index contributed by atoms with van der Waals surface area (Å²) in [7, 11) is 0. The van der Waals surface area contributed by atoms with Crippen LogP contribution in [0.3, 0.4) is 0 Å². The van der Waals surface area contributed by atoms with Crippen molar-refractivity contribution in [1.82, 2.24) is 4.98 Å². The van der Waals surface area contributed by atoms with Crippen molar-refractivity contribution in [3.05, 3.63) is 40.6 Å². The monoisotopic (exact) mass is 289 g/mol. The minimum Gasteiger partial charge on any atom is -0.481 e. The van der Waals surface area contributed by atoms with Gasteiger partial charge in [0.15, 0.2) is 0 Å². The van der Waals surface area contributed by atoms with E-state index in [1.807, 2.05) is 0 Å². The van der Waals surface area contributed by atoms with E-state index in [1.165, 1.54) is 6.20 Å². The van der Waals surface area contributed by atoms with E-state index in [9.17, 15) is 14.9 Å². The Hall–Kier alpha value is -2.70.